The van der Waals surface area contributed by atoms with E-state index >= 15 is 0 Å². The zero-order chi connectivity index (χ0) is 17.1. The summed E-state index contributed by atoms with van der Waals surface area (Å²) in [7, 11) is 0. The van der Waals surface area contributed by atoms with Crippen LogP contribution >= 0.6 is 0 Å². The van der Waals surface area contributed by atoms with Gasteiger partial charge in [0.2, 0.25) is 0 Å². The Labute approximate surface area is 139 Å². The van der Waals surface area contributed by atoms with Crippen LogP contribution in [0.1, 0.15) is 28.5 Å². The summed E-state index contributed by atoms with van der Waals surface area (Å²) >= 11 is 0. The number of H-pyrrole nitrogens is 1. The molecule has 0 fully saturated rings. The van der Waals surface area contributed by atoms with Crippen LogP contribution in [0.4, 0.5) is 0 Å². The van der Waals surface area contributed by atoms with Gasteiger partial charge in [0.25, 0.3) is 11.5 Å². The van der Waals surface area contributed by atoms with Gasteiger partial charge >= 0.3 is 0 Å². The molecule has 122 valence electrons. The van der Waals surface area contributed by atoms with Gasteiger partial charge in [-0.25, -0.2) is 5.10 Å². The van der Waals surface area contributed by atoms with Gasteiger partial charge in [-0.05, 0) is 31.0 Å². The molecule has 1 amide bonds. The number of carbonyl (C=O) groups excluding carboxylic acids is 1. The number of rotatable bonds is 4. The standard InChI is InChI=1S/C19H19N3O2/c1-3-22(12-14-9-5-4-8-13(14)2)19(24)17-15-10-6-7-11-16(15)18(23)21-20-17/h4-11H,3,12H2,1-2H3,(H,21,23). The summed E-state index contributed by atoms with van der Waals surface area (Å²) in [5, 5.41) is 7.49. The van der Waals surface area contributed by atoms with Gasteiger partial charge in [0.15, 0.2) is 5.69 Å². The van der Waals surface area contributed by atoms with E-state index in [1.165, 1.54) is 0 Å². The second-order valence-electron chi connectivity index (χ2n) is 5.69. The Bertz CT molecular complexity index is 946. The third kappa shape index (κ3) is 2.93. The molecule has 3 aromatic rings. The summed E-state index contributed by atoms with van der Waals surface area (Å²) < 4.78 is 0. The van der Waals surface area contributed by atoms with E-state index < -0.39 is 0 Å². The van der Waals surface area contributed by atoms with E-state index in [0.29, 0.717) is 23.9 Å². The number of benzene rings is 2. The fourth-order valence-corrected chi connectivity index (χ4v) is 2.75. The van der Waals surface area contributed by atoms with Crippen molar-refractivity contribution in [3.8, 4) is 0 Å². The highest BCUT2D eigenvalue weighted by molar-refractivity contribution is 6.04. The highest BCUT2D eigenvalue weighted by atomic mass is 16.2. The summed E-state index contributed by atoms with van der Waals surface area (Å²) in [5.41, 5.74) is 2.23. The molecular formula is C19H19N3O2. The van der Waals surface area contributed by atoms with Gasteiger partial charge in [-0.2, -0.15) is 5.10 Å². The number of hydrogen-bond donors (Lipinski definition) is 1. The number of hydrogen-bond acceptors (Lipinski definition) is 3. The van der Waals surface area contributed by atoms with Crippen LogP contribution in [-0.2, 0) is 6.54 Å². The van der Waals surface area contributed by atoms with E-state index in [9.17, 15) is 9.59 Å². The number of carbonyl (C=O) groups is 1. The first-order valence-electron chi connectivity index (χ1n) is 7.93. The van der Waals surface area contributed by atoms with Gasteiger partial charge in [-0.15, -0.1) is 0 Å². The maximum absolute atomic E-state index is 13.0. The van der Waals surface area contributed by atoms with Crippen molar-refractivity contribution in [2.45, 2.75) is 20.4 Å². The fraction of sp³-hybridized carbons (Fsp3) is 0.211. The van der Waals surface area contributed by atoms with Crippen molar-refractivity contribution in [1.29, 1.82) is 0 Å². The van der Waals surface area contributed by atoms with E-state index in [1.807, 2.05) is 38.1 Å². The molecule has 0 unspecified atom stereocenters. The van der Waals surface area contributed by atoms with Crippen LogP contribution < -0.4 is 5.56 Å². The van der Waals surface area contributed by atoms with Crippen molar-refractivity contribution in [1.82, 2.24) is 15.1 Å². The number of fused-ring (bicyclic) bond motifs is 1. The van der Waals surface area contributed by atoms with E-state index in [4.69, 9.17) is 0 Å². The van der Waals surface area contributed by atoms with Crippen LogP contribution in [-0.4, -0.2) is 27.5 Å². The maximum Gasteiger partial charge on any atom is 0.275 e. The third-order valence-corrected chi connectivity index (χ3v) is 4.19. The van der Waals surface area contributed by atoms with Crippen LogP contribution in [0.5, 0.6) is 0 Å². The molecule has 3 rings (SSSR count). The van der Waals surface area contributed by atoms with Crippen LogP contribution in [0.15, 0.2) is 53.3 Å². The number of nitrogens with zero attached hydrogens (tertiary/aromatic N) is 2. The number of aryl methyl sites for hydroxylation is 1. The smallest absolute Gasteiger partial charge is 0.275 e. The Balaban J connectivity index is 2.00. The molecule has 1 aromatic heterocycles. The lowest BCUT2D eigenvalue weighted by Gasteiger charge is -2.22. The highest BCUT2D eigenvalue weighted by Crippen LogP contribution is 2.17. The van der Waals surface area contributed by atoms with Crippen LogP contribution in [0.2, 0.25) is 0 Å². The van der Waals surface area contributed by atoms with Crippen molar-refractivity contribution in [2.24, 2.45) is 0 Å². The topological polar surface area (TPSA) is 66.1 Å². The quantitative estimate of drug-likeness (QED) is 0.803. The maximum atomic E-state index is 13.0. The van der Waals surface area contributed by atoms with Crippen molar-refractivity contribution in [3.63, 3.8) is 0 Å². The summed E-state index contributed by atoms with van der Waals surface area (Å²) in [6.07, 6.45) is 0. The minimum Gasteiger partial charge on any atom is -0.333 e. The predicted octanol–water partition coefficient (Wildman–Crippen LogP) is 2.89. The highest BCUT2D eigenvalue weighted by Gasteiger charge is 2.20. The molecular weight excluding hydrogens is 302 g/mol. The van der Waals surface area contributed by atoms with Gasteiger partial charge < -0.3 is 4.90 Å². The number of amides is 1. The van der Waals surface area contributed by atoms with Gasteiger partial charge in [0.1, 0.15) is 0 Å². The van der Waals surface area contributed by atoms with E-state index in [2.05, 4.69) is 10.2 Å². The second kappa shape index (κ2) is 6.66. The average Bonchev–Trinajstić information content (AvgIpc) is 2.61. The summed E-state index contributed by atoms with van der Waals surface area (Å²) in [6.45, 7) is 5.03. The Kier molecular flexibility index (Phi) is 4.42. The molecule has 1 heterocycles. The number of aromatic nitrogens is 2. The summed E-state index contributed by atoms with van der Waals surface area (Å²) in [5.74, 6) is -0.187. The molecule has 0 aliphatic heterocycles. The van der Waals surface area contributed by atoms with Gasteiger partial charge in [0, 0.05) is 18.5 Å². The second-order valence-corrected chi connectivity index (χ2v) is 5.69. The normalized spacial score (nSPS) is 10.8. The fourth-order valence-electron chi connectivity index (χ4n) is 2.75. The minimum absolute atomic E-state index is 0.187. The monoisotopic (exact) mass is 321 g/mol. The van der Waals surface area contributed by atoms with Crippen molar-refractivity contribution >= 4 is 16.7 Å². The largest absolute Gasteiger partial charge is 0.333 e. The van der Waals surface area contributed by atoms with Crippen molar-refractivity contribution in [2.75, 3.05) is 6.54 Å². The van der Waals surface area contributed by atoms with Gasteiger partial charge in [-0.3, -0.25) is 9.59 Å². The molecule has 0 saturated carbocycles. The van der Waals surface area contributed by atoms with Crippen LogP contribution in [0, 0.1) is 6.92 Å². The van der Waals surface area contributed by atoms with Crippen molar-refractivity contribution < 1.29 is 4.79 Å². The summed E-state index contributed by atoms with van der Waals surface area (Å²) in [4.78, 5) is 26.6. The van der Waals surface area contributed by atoms with Gasteiger partial charge in [-0.1, -0.05) is 42.5 Å². The molecule has 0 atom stereocenters. The Morgan fingerprint density at radius 3 is 2.46 bits per heavy atom. The van der Waals surface area contributed by atoms with E-state index in [1.54, 1.807) is 29.2 Å². The summed E-state index contributed by atoms with van der Waals surface area (Å²) in [6, 6.07) is 15.0. The predicted molar refractivity (Wildman–Crippen MR) is 94.0 cm³/mol. The molecule has 5 nitrogen and oxygen atoms in total. The molecule has 0 bridgehead atoms. The van der Waals surface area contributed by atoms with Crippen molar-refractivity contribution in [3.05, 3.63) is 75.7 Å². The lowest BCUT2D eigenvalue weighted by molar-refractivity contribution is 0.0747. The lowest BCUT2D eigenvalue weighted by atomic mass is 10.1. The van der Waals surface area contributed by atoms with Crippen LogP contribution in [0.25, 0.3) is 10.8 Å². The minimum atomic E-state index is -0.288. The third-order valence-electron chi connectivity index (χ3n) is 4.19. The first-order chi connectivity index (χ1) is 11.6. The Morgan fingerprint density at radius 2 is 1.75 bits per heavy atom. The Hall–Kier alpha value is -2.95. The molecule has 0 aliphatic carbocycles. The molecule has 0 radical (unpaired) electrons. The Morgan fingerprint density at radius 1 is 1.08 bits per heavy atom. The number of aromatic amines is 1. The first-order valence-corrected chi connectivity index (χ1v) is 7.93. The first kappa shape index (κ1) is 15.9. The molecule has 1 N–H and O–H groups in total. The van der Waals surface area contributed by atoms with E-state index in [-0.39, 0.29) is 17.2 Å². The zero-order valence-corrected chi connectivity index (χ0v) is 13.7. The van der Waals surface area contributed by atoms with Crippen LogP contribution in [0.3, 0.4) is 0 Å². The lowest BCUT2D eigenvalue weighted by Crippen LogP contribution is -2.32. The molecule has 0 spiro atoms. The SMILES string of the molecule is CCN(Cc1ccccc1C)C(=O)c1n[nH]c(=O)c2ccccc12. The average molecular weight is 321 g/mol. The molecule has 24 heavy (non-hydrogen) atoms. The molecule has 5 heteroatoms. The zero-order valence-electron chi connectivity index (χ0n) is 13.7. The van der Waals surface area contributed by atoms with Gasteiger partial charge in [0.05, 0.1) is 5.39 Å². The van der Waals surface area contributed by atoms with E-state index in [0.717, 1.165) is 11.1 Å². The number of nitrogens with one attached hydrogen (secondary N) is 1. The molecule has 0 saturated heterocycles. The molecule has 0 aliphatic rings. The molecule has 2 aromatic carbocycles.